The van der Waals surface area contributed by atoms with Crippen molar-refractivity contribution < 1.29 is 9.90 Å². The van der Waals surface area contributed by atoms with Gasteiger partial charge in [-0.2, -0.15) is 5.10 Å². The zero-order chi connectivity index (χ0) is 13.3. The van der Waals surface area contributed by atoms with E-state index >= 15 is 0 Å². The van der Waals surface area contributed by atoms with Crippen LogP contribution in [0.1, 0.15) is 32.4 Å². The number of aliphatic carboxylic acids is 1. The van der Waals surface area contributed by atoms with Gasteiger partial charge in [0.05, 0.1) is 5.69 Å². The smallest absolute Gasteiger partial charge is 0.325 e. The van der Waals surface area contributed by atoms with Crippen LogP contribution in [0.5, 0.6) is 0 Å². The Morgan fingerprint density at radius 1 is 1.44 bits per heavy atom. The van der Waals surface area contributed by atoms with Crippen molar-refractivity contribution in [3.8, 4) is 0 Å². The predicted molar refractivity (Wildman–Crippen MR) is 67.8 cm³/mol. The number of nitrogens with one attached hydrogen (secondary N) is 1. The van der Waals surface area contributed by atoms with Crippen LogP contribution in [-0.2, 0) is 4.79 Å². The monoisotopic (exact) mass is 248 g/mol. The first-order chi connectivity index (χ1) is 8.49. The lowest BCUT2D eigenvalue weighted by Crippen LogP contribution is -2.26. The third-order valence-electron chi connectivity index (χ3n) is 2.72. The van der Waals surface area contributed by atoms with E-state index in [0.717, 1.165) is 11.2 Å². The SMILES string of the molecule is CC(Nc1nccn2nc(C(C)C)cc12)C(=O)O. The Morgan fingerprint density at radius 2 is 2.17 bits per heavy atom. The second-order valence-electron chi connectivity index (χ2n) is 4.53. The van der Waals surface area contributed by atoms with Gasteiger partial charge in [0.15, 0.2) is 5.82 Å². The van der Waals surface area contributed by atoms with Gasteiger partial charge in [0, 0.05) is 12.4 Å². The standard InChI is InChI=1S/C12H16N4O2/c1-7(2)9-6-10-11(14-8(3)12(17)18)13-4-5-16(10)15-9/h4-8H,1-3H3,(H,13,14)(H,17,18). The normalized spacial score (nSPS) is 12.9. The van der Waals surface area contributed by atoms with Crippen LogP contribution in [0.3, 0.4) is 0 Å². The number of rotatable bonds is 4. The summed E-state index contributed by atoms with van der Waals surface area (Å²) in [4.78, 5) is 15.0. The molecule has 0 saturated carbocycles. The lowest BCUT2D eigenvalue weighted by molar-refractivity contribution is -0.137. The summed E-state index contributed by atoms with van der Waals surface area (Å²) >= 11 is 0. The van der Waals surface area contributed by atoms with E-state index in [0.29, 0.717) is 11.7 Å². The van der Waals surface area contributed by atoms with Gasteiger partial charge in [0.1, 0.15) is 11.6 Å². The Bertz CT molecular complexity index is 576. The predicted octanol–water partition coefficient (Wildman–Crippen LogP) is 1.74. The van der Waals surface area contributed by atoms with Crippen LogP contribution in [0.25, 0.3) is 5.52 Å². The Kier molecular flexibility index (Phi) is 3.18. The number of carboxylic acids is 1. The van der Waals surface area contributed by atoms with E-state index in [9.17, 15) is 4.79 Å². The van der Waals surface area contributed by atoms with Crippen LogP contribution in [-0.4, -0.2) is 31.7 Å². The topological polar surface area (TPSA) is 79.5 Å². The molecule has 0 amide bonds. The van der Waals surface area contributed by atoms with Gasteiger partial charge in [-0.1, -0.05) is 13.8 Å². The van der Waals surface area contributed by atoms with Gasteiger partial charge in [0.25, 0.3) is 0 Å². The molecule has 0 radical (unpaired) electrons. The van der Waals surface area contributed by atoms with Crippen LogP contribution in [0.2, 0.25) is 0 Å². The lowest BCUT2D eigenvalue weighted by atomic mass is 10.1. The van der Waals surface area contributed by atoms with Crippen LogP contribution in [0, 0.1) is 0 Å². The zero-order valence-corrected chi connectivity index (χ0v) is 10.6. The number of hydrogen-bond acceptors (Lipinski definition) is 4. The molecule has 0 aliphatic heterocycles. The molecule has 0 saturated heterocycles. The van der Waals surface area contributed by atoms with Crippen molar-refractivity contribution in [2.45, 2.75) is 32.7 Å². The number of anilines is 1. The van der Waals surface area contributed by atoms with E-state index in [4.69, 9.17) is 5.11 Å². The summed E-state index contributed by atoms with van der Waals surface area (Å²) < 4.78 is 1.71. The van der Waals surface area contributed by atoms with Crippen LogP contribution in [0.15, 0.2) is 18.5 Å². The fourth-order valence-electron chi connectivity index (χ4n) is 1.60. The number of carbonyl (C=O) groups is 1. The number of hydrogen-bond donors (Lipinski definition) is 2. The first-order valence-electron chi connectivity index (χ1n) is 5.82. The number of aromatic nitrogens is 3. The van der Waals surface area contributed by atoms with Crippen molar-refractivity contribution in [1.29, 1.82) is 0 Å². The van der Waals surface area contributed by atoms with Crippen molar-refractivity contribution in [1.82, 2.24) is 14.6 Å². The van der Waals surface area contributed by atoms with E-state index in [1.807, 2.05) is 6.07 Å². The molecule has 0 aliphatic rings. The zero-order valence-electron chi connectivity index (χ0n) is 10.6. The molecule has 6 nitrogen and oxygen atoms in total. The Hall–Kier alpha value is -2.11. The third kappa shape index (κ3) is 2.27. The summed E-state index contributed by atoms with van der Waals surface area (Å²) in [6, 6.07) is 1.23. The van der Waals surface area contributed by atoms with E-state index in [1.165, 1.54) is 0 Å². The maximum Gasteiger partial charge on any atom is 0.325 e. The molecule has 2 aromatic heterocycles. The van der Waals surface area contributed by atoms with Crippen molar-refractivity contribution in [2.75, 3.05) is 5.32 Å². The summed E-state index contributed by atoms with van der Waals surface area (Å²) in [5.74, 6) is -0.0659. The lowest BCUT2D eigenvalue weighted by Gasteiger charge is -2.10. The van der Waals surface area contributed by atoms with Gasteiger partial charge in [-0.25, -0.2) is 9.50 Å². The fourth-order valence-corrected chi connectivity index (χ4v) is 1.60. The van der Waals surface area contributed by atoms with Gasteiger partial charge >= 0.3 is 5.97 Å². The highest BCUT2D eigenvalue weighted by Crippen LogP contribution is 2.20. The molecule has 0 fully saturated rings. The minimum Gasteiger partial charge on any atom is -0.480 e. The molecule has 2 N–H and O–H groups in total. The Balaban J connectivity index is 2.41. The van der Waals surface area contributed by atoms with E-state index in [-0.39, 0.29) is 0 Å². The van der Waals surface area contributed by atoms with Crippen molar-refractivity contribution in [3.05, 3.63) is 24.2 Å². The minimum atomic E-state index is -0.914. The average Bonchev–Trinajstić information content (AvgIpc) is 2.73. The molecule has 18 heavy (non-hydrogen) atoms. The second-order valence-corrected chi connectivity index (χ2v) is 4.53. The average molecular weight is 248 g/mol. The van der Waals surface area contributed by atoms with Gasteiger partial charge in [-0.3, -0.25) is 4.79 Å². The molecule has 6 heteroatoms. The summed E-state index contributed by atoms with van der Waals surface area (Å²) in [6.07, 6.45) is 3.35. The molecular formula is C12H16N4O2. The summed E-state index contributed by atoms with van der Waals surface area (Å²) in [7, 11) is 0. The van der Waals surface area contributed by atoms with Crippen molar-refractivity contribution >= 4 is 17.3 Å². The highest BCUT2D eigenvalue weighted by atomic mass is 16.4. The molecule has 1 atom stereocenters. The van der Waals surface area contributed by atoms with E-state index in [2.05, 4.69) is 29.2 Å². The van der Waals surface area contributed by atoms with Gasteiger partial charge in [-0.15, -0.1) is 0 Å². The molecule has 0 aromatic carbocycles. The second kappa shape index (κ2) is 4.64. The van der Waals surface area contributed by atoms with E-state index < -0.39 is 12.0 Å². The number of fused-ring (bicyclic) bond motifs is 1. The first kappa shape index (κ1) is 12.3. The molecular weight excluding hydrogens is 232 g/mol. The first-order valence-corrected chi connectivity index (χ1v) is 5.82. The maximum absolute atomic E-state index is 10.8. The Labute approximate surface area is 105 Å². The van der Waals surface area contributed by atoms with Crippen molar-refractivity contribution in [3.63, 3.8) is 0 Å². The van der Waals surface area contributed by atoms with Crippen LogP contribution < -0.4 is 5.32 Å². The summed E-state index contributed by atoms with van der Waals surface area (Å²) in [5, 5.41) is 16.2. The molecule has 2 rings (SSSR count). The quantitative estimate of drug-likeness (QED) is 0.861. The minimum absolute atomic E-state index is 0.314. The van der Waals surface area contributed by atoms with E-state index in [1.54, 1.807) is 23.8 Å². The fraction of sp³-hybridized carbons (Fsp3) is 0.417. The van der Waals surface area contributed by atoms with Gasteiger partial charge in [0.2, 0.25) is 0 Å². The Morgan fingerprint density at radius 3 is 2.78 bits per heavy atom. The summed E-state index contributed by atoms with van der Waals surface area (Å²) in [5.41, 5.74) is 1.74. The molecule has 0 aliphatic carbocycles. The number of nitrogens with zero attached hydrogens (tertiary/aromatic N) is 3. The maximum atomic E-state index is 10.8. The third-order valence-corrected chi connectivity index (χ3v) is 2.72. The molecule has 2 aromatic rings. The largest absolute Gasteiger partial charge is 0.480 e. The van der Waals surface area contributed by atoms with Crippen LogP contribution >= 0.6 is 0 Å². The van der Waals surface area contributed by atoms with Crippen molar-refractivity contribution in [2.24, 2.45) is 0 Å². The highest BCUT2D eigenvalue weighted by molar-refractivity contribution is 5.79. The van der Waals surface area contributed by atoms with Crippen LogP contribution in [0.4, 0.5) is 5.82 Å². The molecule has 0 spiro atoms. The molecule has 2 heterocycles. The molecule has 1 unspecified atom stereocenters. The highest BCUT2D eigenvalue weighted by Gasteiger charge is 2.14. The molecule has 0 bridgehead atoms. The number of carboxylic acid groups (broad SMARTS) is 1. The van der Waals surface area contributed by atoms with Gasteiger partial charge < -0.3 is 10.4 Å². The summed E-state index contributed by atoms with van der Waals surface area (Å²) in [6.45, 7) is 5.69. The molecule has 96 valence electrons. The van der Waals surface area contributed by atoms with Gasteiger partial charge in [-0.05, 0) is 18.9 Å².